The molecule has 0 heterocycles. The molecule has 1 rings (SSSR count). The number of ketones is 1. The second-order valence-corrected chi connectivity index (χ2v) is 4.53. The normalized spacial score (nSPS) is 20.7. The number of hydrogen-bond acceptors (Lipinski definition) is 2. The molecule has 0 saturated heterocycles. The molecular formula is C10H19NO. The van der Waals surface area contributed by atoms with Crippen molar-refractivity contribution in [1.29, 1.82) is 0 Å². The molecule has 2 N–H and O–H groups in total. The van der Waals surface area contributed by atoms with E-state index in [0.717, 1.165) is 12.8 Å². The van der Waals surface area contributed by atoms with E-state index in [2.05, 4.69) is 13.8 Å². The van der Waals surface area contributed by atoms with Crippen LogP contribution in [0.3, 0.4) is 0 Å². The highest BCUT2D eigenvalue weighted by molar-refractivity contribution is 5.79. The van der Waals surface area contributed by atoms with E-state index in [1.807, 2.05) is 0 Å². The average Bonchev–Trinajstić information content (AvgIpc) is 1.81. The molecule has 1 saturated carbocycles. The number of Topliss-reactive ketones (excluding diaryl/α,β-unsaturated/α-hetero) is 1. The van der Waals surface area contributed by atoms with Crippen LogP contribution in [0.25, 0.3) is 0 Å². The lowest BCUT2D eigenvalue weighted by atomic mass is 9.74. The van der Waals surface area contributed by atoms with E-state index >= 15 is 0 Å². The number of rotatable bonds is 4. The Morgan fingerprint density at radius 2 is 2.08 bits per heavy atom. The highest BCUT2D eigenvalue weighted by Gasteiger charge is 2.34. The maximum Gasteiger partial charge on any atom is 0.134 e. The highest BCUT2D eigenvalue weighted by atomic mass is 16.1. The van der Waals surface area contributed by atoms with Gasteiger partial charge in [-0.25, -0.2) is 0 Å². The summed E-state index contributed by atoms with van der Waals surface area (Å²) in [7, 11) is 0. The molecule has 0 spiro atoms. The van der Waals surface area contributed by atoms with Crippen LogP contribution in [-0.4, -0.2) is 11.3 Å². The maximum absolute atomic E-state index is 11.4. The standard InChI is InChI=1S/C10H19NO/c1-8(2)6-9(12)7-10(11)4-3-5-10/h8H,3-7,11H2,1-2H3. The summed E-state index contributed by atoms with van der Waals surface area (Å²) in [5.74, 6) is 0.813. The van der Waals surface area contributed by atoms with Crippen LogP contribution >= 0.6 is 0 Å². The minimum atomic E-state index is -0.119. The fourth-order valence-corrected chi connectivity index (χ4v) is 1.73. The van der Waals surface area contributed by atoms with E-state index < -0.39 is 0 Å². The van der Waals surface area contributed by atoms with Gasteiger partial charge in [-0.1, -0.05) is 13.8 Å². The molecule has 0 bridgehead atoms. The van der Waals surface area contributed by atoms with Crippen LogP contribution in [0, 0.1) is 5.92 Å². The van der Waals surface area contributed by atoms with E-state index in [1.165, 1.54) is 6.42 Å². The first-order valence-corrected chi connectivity index (χ1v) is 4.82. The van der Waals surface area contributed by atoms with Crippen molar-refractivity contribution in [1.82, 2.24) is 0 Å². The lowest BCUT2D eigenvalue weighted by Gasteiger charge is -2.37. The van der Waals surface area contributed by atoms with Crippen LogP contribution in [0.5, 0.6) is 0 Å². The number of carbonyl (C=O) groups excluding carboxylic acids is 1. The van der Waals surface area contributed by atoms with Gasteiger partial charge in [-0.05, 0) is 25.2 Å². The van der Waals surface area contributed by atoms with Gasteiger partial charge < -0.3 is 5.73 Å². The summed E-state index contributed by atoms with van der Waals surface area (Å²) >= 11 is 0. The van der Waals surface area contributed by atoms with Crippen molar-refractivity contribution in [2.45, 2.75) is 51.5 Å². The van der Waals surface area contributed by atoms with Gasteiger partial charge in [0.15, 0.2) is 0 Å². The van der Waals surface area contributed by atoms with Crippen LogP contribution in [0.4, 0.5) is 0 Å². The van der Waals surface area contributed by atoms with Gasteiger partial charge in [0.1, 0.15) is 5.78 Å². The fourth-order valence-electron chi connectivity index (χ4n) is 1.73. The number of carbonyl (C=O) groups is 1. The first-order valence-electron chi connectivity index (χ1n) is 4.82. The summed E-state index contributed by atoms with van der Waals surface area (Å²) in [5, 5.41) is 0. The van der Waals surface area contributed by atoms with E-state index in [0.29, 0.717) is 24.5 Å². The molecule has 0 atom stereocenters. The van der Waals surface area contributed by atoms with E-state index in [1.54, 1.807) is 0 Å². The Balaban J connectivity index is 2.26. The molecule has 0 aliphatic heterocycles. The zero-order valence-electron chi connectivity index (χ0n) is 8.10. The Labute approximate surface area is 74.5 Å². The Bertz CT molecular complexity index is 171. The SMILES string of the molecule is CC(C)CC(=O)CC1(N)CCC1. The fraction of sp³-hybridized carbons (Fsp3) is 0.900. The maximum atomic E-state index is 11.4. The van der Waals surface area contributed by atoms with Gasteiger partial charge in [-0.15, -0.1) is 0 Å². The predicted octanol–water partition coefficient (Wildman–Crippen LogP) is 1.87. The van der Waals surface area contributed by atoms with Crippen LogP contribution in [-0.2, 0) is 4.79 Å². The molecule has 1 fully saturated rings. The molecule has 0 aromatic carbocycles. The van der Waals surface area contributed by atoms with Gasteiger partial charge in [0.2, 0.25) is 0 Å². The van der Waals surface area contributed by atoms with E-state index in [-0.39, 0.29) is 5.54 Å². The average molecular weight is 169 g/mol. The molecule has 12 heavy (non-hydrogen) atoms. The van der Waals surface area contributed by atoms with Crippen molar-refractivity contribution in [3.8, 4) is 0 Å². The van der Waals surface area contributed by atoms with Gasteiger partial charge >= 0.3 is 0 Å². The van der Waals surface area contributed by atoms with Crippen LogP contribution in [0.1, 0.15) is 46.0 Å². The Morgan fingerprint density at radius 3 is 2.42 bits per heavy atom. The largest absolute Gasteiger partial charge is 0.325 e. The first kappa shape index (κ1) is 9.72. The molecule has 0 radical (unpaired) electrons. The third-order valence-electron chi connectivity index (χ3n) is 2.53. The Hall–Kier alpha value is -0.370. The van der Waals surface area contributed by atoms with Crippen molar-refractivity contribution in [3.63, 3.8) is 0 Å². The smallest absolute Gasteiger partial charge is 0.134 e. The minimum Gasteiger partial charge on any atom is -0.325 e. The molecule has 70 valence electrons. The van der Waals surface area contributed by atoms with Crippen LogP contribution in [0.2, 0.25) is 0 Å². The molecule has 2 nitrogen and oxygen atoms in total. The minimum absolute atomic E-state index is 0.119. The summed E-state index contributed by atoms with van der Waals surface area (Å²) in [6, 6.07) is 0. The lowest BCUT2D eigenvalue weighted by molar-refractivity contribution is -0.121. The zero-order valence-corrected chi connectivity index (χ0v) is 8.10. The molecule has 1 aliphatic rings. The van der Waals surface area contributed by atoms with Gasteiger partial charge in [-0.3, -0.25) is 4.79 Å². The molecular weight excluding hydrogens is 150 g/mol. The van der Waals surface area contributed by atoms with Crippen LogP contribution < -0.4 is 5.73 Å². The molecule has 0 amide bonds. The first-order chi connectivity index (χ1) is 5.52. The molecule has 2 heteroatoms. The summed E-state index contributed by atoms with van der Waals surface area (Å²) in [5.41, 5.74) is 5.84. The summed E-state index contributed by atoms with van der Waals surface area (Å²) in [4.78, 5) is 11.4. The van der Waals surface area contributed by atoms with Gasteiger partial charge in [0.05, 0.1) is 0 Å². The zero-order chi connectivity index (χ0) is 9.19. The summed E-state index contributed by atoms with van der Waals surface area (Å²) in [6.07, 6.45) is 4.57. The third-order valence-corrected chi connectivity index (χ3v) is 2.53. The topological polar surface area (TPSA) is 43.1 Å². The summed E-state index contributed by atoms with van der Waals surface area (Å²) in [6.45, 7) is 4.14. The van der Waals surface area contributed by atoms with Crippen molar-refractivity contribution in [3.05, 3.63) is 0 Å². The predicted molar refractivity (Wildman–Crippen MR) is 49.8 cm³/mol. The summed E-state index contributed by atoms with van der Waals surface area (Å²) < 4.78 is 0. The monoisotopic (exact) mass is 169 g/mol. The molecule has 0 aromatic rings. The quantitative estimate of drug-likeness (QED) is 0.698. The van der Waals surface area contributed by atoms with Gasteiger partial charge in [0, 0.05) is 18.4 Å². The highest BCUT2D eigenvalue weighted by Crippen LogP contribution is 2.32. The van der Waals surface area contributed by atoms with Crippen molar-refractivity contribution >= 4 is 5.78 Å². The Morgan fingerprint density at radius 1 is 1.50 bits per heavy atom. The van der Waals surface area contributed by atoms with E-state index in [9.17, 15) is 4.79 Å². The second kappa shape index (κ2) is 3.56. The second-order valence-electron chi connectivity index (χ2n) is 4.53. The molecule has 1 aliphatic carbocycles. The van der Waals surface area contributed by atoms with Crippen molar-refractivity contribution in [2.75, 3.05) is 0 Å². The molecule has 0 unspecified atom stereocenters. The lowest BCUT2D eigenvalue weighted by Crippen LogP contribution is -2.48. The van der Waals surface area contributed by atoms with Crippen molar-refractivity contribution < 1.29 is 4.79 Å². The van der Waals surface area contributed by atoms with Crippen LogP contribution in [0.15, 0.2) is 0 Å². The van der Waals surface area contributed by atoms with E-state index in [4.69, 9.17) is 5.73 Å². The number of nitrogens with two attached hydrogens (primary N) is 1. The third kappa shape index (κ3) is 2.59. The van der Waals surface area contributed by atoms with Gasteiger partial charge in [0.25, 0.3) is 0 Å². The van der Waals surface area contributed by atoms with Crippen molar-refractivity contribution in [2.24, 2.45) is 11.7 Å². The van der Waals surface area contributed by atoms with Gasteiger partial charge in [-0.2, -0.15) is 0 Å². The molecule has 0 aromatic heterocycles. The number of hydrogen-bond donors (Lipinski definition) is 1. The Kier molecular flexibility index (Phi) is 2.89.